The van der Waals surface area contributed by atoms with E-state index < -0.39 is 11.8 Å². The van der Waals surface area contributed by atoms with Crippen molar-refractivity contribution >= 4 is 17.3 Å². The number of thiophene rings is 1. The van der Waals surface area contributed by atoms with E-state index in [4.69, 9.17) is 9.47 Å². The molecular formula is C26H19FO4S. The molecular weight excluding hydrogens is 427 g/mol. The van der Waals surface area contributed by atoms with Crippen LogP contribution in [0.1, 0.15) is 21.5 Å². The van der Waals surface area contributed by atoms with Gasteiger partial charge in [0.05, 0.1) is 12.7 Å². The molecule has 0 saturated carbocycles. The van der Waals surface area contributed by atoms with Crippen molar-refractivity contribution in [2.75, 3.05) is 7.11 Å². The highest BCUT2D eigenvalue weighted by molar-refractivity contribution is 7.13. The molecule has 1 aliphatic heterocycles. The lowest BCUT2D eigenvalue weighted by Crippen LogP contribution is -2.09. The second-order valence-corrected chi connectivity index (χ2v) is 8.58. The van der Waals surface area contributed by atoms with E-state index in [1.54, 1.807) is 30.6 Å². The molecule has 32 heavy (non-hydrogen) atoms. The summed E-state index contributed by atoms with van der Waals surface area (Å²) in [6, 6.07) is 15.6. The lowest BCUT2D eigenvalue weighted by molar-refractivity contribution is 0.0697. The molecule has 0 aliphatic carbocycles. The van der Waals surface area contributed by atoms with E-state index in [1.807, 2.05) is 42.6 Å². The Kier molecular flexibility index (Phi) is 4.94. The predicted molar refractivity (Wildman–Crippen MR) is 123 cm³/mol. The number of hydrogen-bond donors (Lipinski definition) is 1. The molecule has 160 valence electrons. The number of rotatable bonds is 4. The average Bonchev–Trinajstić information content (AvgIpc) is 3.32. The average molecular weight is 446 g/mol. The first kappa shape index (κ1) is 20.3. The molecule has 0 unspecified atom stereocenters. The van der Waals surface area contributed by atoms with E-state index in [-0.39, 0.29) is 12.2 Å². The van der Waals surface area contributed by atoms with Crippen molar-refractivity contribution in [3.05, 3.63) is 82.5 Å². The van der Waals surface area contributed by atoms with Gasteiger partial charge in [0.2, 0.25) is 0 Å². The Labute approximate surface area is 188 Å². The van der Waals surface area contributed by atoms with Gasteiger partial charge in [-0.1, -0.05) is 6.07 Å². The minimum atomic E-state index is -1.05. The quantitative estimate of drug-likeness (QED) is 0.375. The van der Waals surface area contributed by atoms with Crippen molar-refractivity contribution < 1.29 is 23.8 Å². The van der Waals surface area contributed by atoms with Crippen LogP contribution in [0.5, 0.6) is 11.5 Å². The molecule has 3 aromatic carbocycles. The zero-order valence-corrected chi connectivity index (χ0v) is 18.3. The first-order chi connectivity index (χ1) is 15.5. The third kappa shape index (κ3) is 3.33. The standard InChI is InChI=1S/C26H19FO4S/c1-14-8-22(25-4-3-7-32-25)24(30-2)12-17(14)19-9-15-13-31-23-6-5-16(27)10-20(23)18(15)11-21(19)26(28)29/h3-12H,13H2,1-2H3,(H,28,29). The van der Waals surface area contributed by atoms with Crippen LogP contribution in [0.4, 0.5) is 4.39 Å². The smallest absolute Gasteiger partial charge is 0.336 e. The van der Waals surface area contributed by atoms with Crippen LogP contribution in [-0.4, -0.2) is 18.2 Å². The van der Waals surface area contributed by atoms with Gasteiger partial charge >= 0.3 is 5.97 Å². The van der Waals surface area contributed by atoms with E-state index >= 15 is 0 Å². The zero-order chi connectivity index (χ0) is 22.4. The molecule has 1 aromatic heterocycles. The van der Waals surface area contributed by atoms with Crippen LogP contribution in [-0.2, 0) is 6.61 Å². The van der Waals surface area contributed by atoms with E-state index in [2.05, 4.69) is 0 Å². The zero-order valence-electron chi connectivity index (χ0n) is 17.4. The van der Waals surface area contributed by atoms with Gasteiger partial charge in [-0.05, 0) is 88.7 Å². The number of carboxylic acids is 1. The molecule has 0 saturated heterocycles. The number of halogens is 1. The Morgan fingerprint density at radius 3 is 2.59 bits per heavy atom. The fourth-order valence-electron chi connectivity index (χ4n) is 4.18. The van der Waals surface area contributed by atoms with Gasteiger partial charge in [-0.25, -0.2) is 9.18 Å². The molecule has 0 spiro atoms. The first-order valence-corrected chi connectivity index (χ1v) is 10.9. The summed E-state index contributed by atoms with van der Waals surface area (Å²) in [6.45, 7) is 2.24. The second-order valence-electron chi connectivity index (χ2n) is 7.63. The Bertz CT molecular complexity index is 1360. The number of hydrogen-bond acceptors (Lipinski definition) is 4. The number of carboxylic acid groups (broad SMARTS) is 1. The van der Waals surface area contributed by atoms with Crippen LogP contribution >= 0.6 is 11.3 Å². The van der Waals surface area contributed by atoms with Gasteiger partial charge in [-0.2, -0.15) is 0 Å². The summed E-state index contributed by atoms with van der Waals surface area (Å²) in [5, 5.41) is 12.0. The van der Waals surface area contributed by atoms with Crippen LogP contribution in [0.3, 0.4) is 0 Å². The summed E-state index contributed by atoms with van der Waals surface area (Å²) >= 11 is 1.62. The SMILES string of the molecule is COc1cc(-c2cc3c(cc2C(=O)O)-c2cc(F)ccc2OC3)c(C)cc1-c1cccs1. The number of ether oxygens (including phenoxy) is 2. The summed E-state index contributed by atoms with van der Waals surface area (Å²) < 4.78 is 25.4. The lowest BCUT2D eigenvalue weighted by atomic mass is 9.87. The largest absolute Gasteiger partial charge is 0.496 e. The number of carbonyl (C=O) groups is 1. The Balaban J connectivity index is 1.72. The van der Waals surface area contributed by atoms with Gasteiger partial charge in [-0.15, -0.1) is 11.3 Å². The number of fused-ring (bicyclic) bond motifs is 3. The maximum absolute atomic E-state index is 13.9. The third-order valence-corrected chi connectivity index (χ3v) is 6.62. The number of benzene rings is 3. The lowest BCUT2D eigenvalue weighted by Gasteiger charge is -2.23. The van der Waals surface area contributed by atoms with Gasteiger partial charge < -0.3 is 14.6 Å². The normalized spacial score (nSPS) is 12.0. The highest BCUT2D eigenvalue weighted by atomic mass is 32.1. The molecule has 5 rings (SSSR count). The molecule has 1 N–H and O–H groups in total. The number of methoxy groups -OCH3 is 1. The third-order valence-electron chi connectivity index (χ3n) is 5.71. The van der Waals surface area contributed by atoms with Crippen molar-refractivity contribution in [3.8, 4) is 44.2 Å². The molecule has 4 nitrogen and oxygen atoms in total. The van der Waals surface area contributed by atoms with Crippen molar-refractivity contribution in [2.45, 2.75) is 13.5 Å². The highest BCUT2D eigenvalue weighted by Crippen LogP contribution is 2.43. The van der Waals surface area contributed by atoms with Gasteiger partial charge in [-0.3, -0.25) is 0 Å². The van der Waals surface area contributed by atoms with E-state index in [1.165, 1.54) is 12.1 Å². The molecule has 1 aliphatic rings. The molecule has 0 atom stereocenters. The first-order valence-electron chi connectivity index (χ1n) is 10.0. The van der Waals surface area contributed by atoms with E-state index in [0.717, 1.165) is 27.1 Å². The molecule has 4 aromatic rings. The van der Waals surface area contributed by atoms with E-state index in [0.29, 0.717) is 28.2 Å². The maximum atomic E-state index is 13.9. The monoisotopic (exact) mass is 446 g/mol. The summed E-state index contributed by atoms with van der Waals surface area (Å²) in [5.41, 5.74) is 5.43. The van der Waals surface area contributed by atoms with Crippen LogP contribution in [0.2, 0.25) is 0 Å². The van der Waals surface area contributed by atoms with Crippen molar-refractivity contribution in [2.24, 2.45) is 0 Å². The summed E-state index contributed by atoms with van der Waals surface area (Å²) in [4.78, 5) is 13.3. The Morgan fingerprint density at radius 1 is 1.03 bits per heavy atom. The summed E-state index contributed by atoms with van der Waals surface area (Å²) in [7, 11) is 1.61. The molecule has 0 bridgehead atoms. The van der Waals surface area contributed by atoms with Crippen LogP contribution in [0, 0.1) is 12.7 Å². The van der Waals surface area contributed by atoms with Crippen molar-refractivity contribution in [3.63, 3.8) is 0 Å². The van der Waals surface area contributed by atoms with Gasteiger partial charge in [0.15, 0.2) is 0 Å². The summed E-state index contributed by atoms with van der Waals surface area (Å²) in [6.07, 6.45) is 0. The fourth-order valence-corrected chi connectivity index (χ4v) is 4.93. The van der Waals surface area contributed by atoms with Crippen LogP contribution in [0.15, 0.2) is 60.0 Å². The minimum Gasteiger partial charge on any atom is -0.496 e. The van der Waals surface area contributed by atoms with Gasteiger partial charge in [0, 0.05) is 16.0 Å². The van der Waals surface area contributed by atoms with Crippen LogP contribution in [0.25, 0.3) is 32.7 Å². The second kappa shape index (κ2) is 7.80. The van der Waals surface area contributed by atoms with Gasteiger partial charge in [0.1, 0.15) is 23.9 Å². The number of aryl methyl sites for hydroxylation is 1. The van der Waals surface area contributed by atoms with E-state index in [9.17, 15) is 14.3 Å². The Hall–Kier alpha value is -3.64. The molecule has 0 fully saturated rings. The van der Waals surface area contributed by atoms with Gasteiger partial charge in [0.25, 0.3) is 0 Å². The number of aromatic carboxylic acids is 1. The summed E-state index contributed by atoms with van der Waals surface area (Å²) in [5.74, 6) is -0.231. The highest BCUT2D eigenvalue weighted by Gasteiger charge is 2.24. The molecule has 0 radical (unpaired) electrons. The van der Waals surface area contributed by atoms with Crippen molar-refractivity contribution in [1.29, 1.82) is 0 Å². The van der Waals surface area contributed by atoms with Crippen molar-refractivity contribution in [1.82, 2.24) is 0 Å². The molecule has 6 heteroatoms. The fraction of sp³-hybridized carbons (Fsp3) is 0.115. The molecule has 0 amide bonds. The predicted octanol–water partition coefficient (Wildman–Crippen LogP) is 6.80. The molecule has 2 heterocycles. The minimum absolute atomic E-state index is 0.148. The Morgan fingerprint density at radius 2 is 1.88 bits per heavy atom. The topological polar surface area (TPSA) is 55.8 Å². The maximum Gasteiger partial charge on any atom is 0.336 e. The van der Waals surface area contributed by atoms with Crippen LogP contribution < -0.4 is 9.47 Å².